The molecule has 0 saturated heterocycles. The minimum atomic E-state index is -0.348. The molecule has 2 N–H and O–H groups in total. The molecule has 6 heteroatoms. The molecule has 0 aliphatic heterocycles. The second kappa shape index (κ2) is 8.49. The van der Waals surface area contributed by atoms with Crippen molar-refractivity contribution in [2.45, 2.75) is 13.8 Å². The molecule has 2 rings (SSSR count). The Morgan fingerprint density at radius 3 is 2.58 bits per heavy atom. The van der Waals surface area contributed by atoms with Gasteiger partial charge in [0.1, 0.15) is 5.75 Å². The summed E-state index contributed by atoms with van der Waals surface area (Å²) in [7, 11) is 0. The van der Waals surface area contributed by atoms with Crippen LogP contribution in [0.5, 0.6) is 5.75 Å². The molecular formula is C18H19BrN2O3. The molecule has 0 heterocycles. The van der Waals surface area contributed by atoms with Crippen molar-refractivity contribution in [1.82, 2.24) is 5.32 Å². The highest BCUT2D eigenvalue weighted by Gasteiger charge is 2.08. The van der Waals surface area contributed by atoms with Gasteiger partial charge in [-0.3, -0.25) is 9.59 Å². The van der Waals surface area contributed by atoms with E-state index < -0.39 is 0 Å². The van der Waals surface area contributed by atoms with Crippen molar-refractivity contribution < 1.29 is 14.3 Å². The van der Waals surface area contributed by atoms with E-state index in [1.54, 1.807) is 12.1 Å². The van der Waals surface area contributed by atoms with Crippen LogP contribution < -0.4 is 15.4 Å². The third-order valence-corrected chi connectivity index (χ3v) is 3.76. The Balaban J connectivity index is 1.75. The third-order valence-electron chi connectivity index (χ3n) is 3.27. The Labute approximate surface area is 149 Å². The smallest absolute Gasteiger partial charge is 0.258 e. The van der Waals surface area contributed by atoms with Gasteiger partial charge in [0.25, 0.3) is 5.91 Å². The zero-order valence-electron chi connectivity index (χ0n) is 13.6. The van der Waals surface area contributed by atoms with Crippen molar-refractivity contribution >= 4 is 33.4 Å². The monoisotopic (exact) mass is 390 g/mol. The van der Waals surface area contributed by atoms with Crippen LogP contribution >= 0.6 is 15.9 Å². The number of rotatable bonds is 6. The fraction of sp³-hybridized carbons (Fsp3) is 0.222. The van der Waals surface area contributed by atoms with Gasteiger partial charge >= 0.3 is 0 Å². The lowest BCUT2D eigenvalue weighted by molar-refractivity contribution is -0.125. The van der Waals surface area contributed by atoms with E-state index in [0.717, 1.165) is 15.6 Å². The molecule has 2 aromatic carbocycles. The number of ether oxygens (including phenoxy) is 1. The molecule has 2 aromatic rings. The van der Waals surface area contributed by atoms with Gasteiger partial charge < -0.3 is 15.4 Å². The maximum atomic E-state index is 11.9. The number of nitrogens with one attached hydrogen (secondary N) is 2. The van der Waals surface area contributed by atoms with Gasteiger partial charge in [0.15, 0.2) is 6.61 Å². The highest BCUT2D eigenvalue weighted by atomic mass is 79.9. The second-order valence-electron chi connectivity index (χ2n) is 5.39. The number of benzene rings is 2. The molecule has 0 atom stereocenters. The van der Waals surface area contributed by atoms with E-state index in [1.807, 2.05) is 44.2 Å². The van der Waals surface area contributed by atoms with Crippen LogP contribution in [0.2, 0.25) is 0 Å². The van der Waals surface area contributed by atoms with Gasteiger partial charge in [-0.05, 0) is 55.3 Å². The summed E-state index contributed by atoms with van der Waals surface area (Å²) in [6, 6.07) is 13.0. The van der Waals surface area contributed by atoms with E-state index in [0.29, 0.717) is 11.4 Å². The average molecular weight is 391 g/mol. The van der Waals surface area contributed by atoms with Crippen LogP contribution in [0, 0.1) is 13.8 Å². The first kappa shape index (κ1) is 18.0. The molecule has 0 fully saturated rings. The molecule has 0 radical (unpaired) electrons. The fourth-order valence-corrected chi connectivity index (χ4v) is 2.52. The Hall–Kier alpha value is -2.34. The van der Waals surface area contributed by atoms with Crippen LogP contribution in [0.15, 0.2) is 46.9 Å². The predicted molar refractivity (Wildman–Crippen MR) is 97.2 cm³/mol. The molecule has 0 aromatic heterocycles. The quantitative estimate of drug-likeness (QED) is 0.795. The highest BCUT2D eigenvalue weighted by molar-refractivity contribution is 9.10. The summed E-state index contributed by atoms with van der Waals surface area (Å²) in [6.07, 6.45) is 0. The molecular weight excluding hydrogens is 372 g/mol. The van der Waals surface area contributed by atoms with E-state index in [4.69, 9.17) is 4.74 Å². The Bertz CT molecular complexity index is 747. The Morgan fingerprint density at radius 1 is 1.08 bits per heavy atom. The van der Waals surface area contributed by atoms with Gasteiger partial charge in [-0.1, -0.05) is 28.1 Å². The number of hydrogen-bond donors (Lipinski definition) is 2. The Morgan fingerprint density at radius 2 is 1.88 bits per heavy atom. The second-order valence-corrected chi connectivity index (χ2v) is 6.31. The maximum absolute atomic E-state index is 11.9. The third kappa shape index (κ3) is 5.70. The summed E-state index contributed by atoms with van der Waals surface area (Å²) < 4.78 is 6.33. The first-order chi connectivity index (χ1) is 11.4. The number of carbonyl (C=O) groups excluding carboxylic acids is 2. The minimum Gasteiger partial charge on any atom is -0.484 e. The lowest BCUT2D eigenvalue weighted by atomic mass is 10.2. The van der Waals surface area contributed by atoms with Crippen molar-refractivity contribution in [3.05, 3.63) is 58.1 Å². The van der Waals surface area contributed by atoms with Crippen LogP contribution in [-0.4, -0.2) is 25.0 Å². The number of aryl methyl sites for hydroxylation is 2. The lowest BCUT2D eigenvalue weighted by Crippen LogP contribution is -2.35. The van der Waals surface area contributed by atoms with Crippen LogP contribution in [0.3, 0.4) is 0 Å². The summed E-state index contributed by atoms with van der Waals surface area (Å²) in [6.45, 7) is 3.61. The number of hydrogen-bond acceptors (Lipinski definition) is 3. The van der Waals surface area contributed by atoms with Gasteiger partial charge in [-0.2, -0.15) is 0 Å². The molecule has 24 heavy (non-hydrogen) atoms. The number of anilines is 1. The van der Waals surface area contributed by atoms with Gasteiger partial charge in [-0.15, -0.1) is 0 Å². The molecule has 5 nitrogen and oxygen atoms in total. The van der Waals surface area contributed by atoms with Crippen molar-refractivity contribution in [3.8, 4) is 5.75 Å². The summed E-state index contributed by atoms with van der Waals surface area (Å²) in [4.78, 5) is 23.6. The zero-order valence-corrected chi connectivity index (χ0v) is 15.1. The number of amides is 2. The van der Waals surface area contributed by atoms with Crippen molar-refractivity contribution in [3.63, 3.8) is 0 Å². The topological polar surface area (TPSA) is 67.4 Å². The van der Waals surface area contributed by atoms with Gasteiger partial charge in [0.2, 0.25) is 5.91 Å². The predicted octanol–water partition coefficient (Wildman–Crippen LogP) is 3.20. The van der Waals surface area contributed by atoms with Crippen molar-refractivity contribution in [2.75, 3.05) is 18.5 Å². The average Bonchev–Trinajstić information content (AvgIpc) is 2.54. The van der Waals surface area contributed by atoms with Gasteiger partial charge in [0, 0.05) is 10.2 Å². The molecule has 0 saturated carbocycles. The summed E-state index contributed by atoms with van der Waals surface area (Å²) in [5.74, 6) is -0.0106. The van der Waals surface area contributed by atoms with Crippen LogP contribution in [0.4, 0.5) is 5.69 Å². The summed E-state index contributed by atoms with van der Waals surface area (Å²) in [5.41, 5.74) is 2.71. The van der Waals surface area contributed by atoms with Gasteiger partial charge in [0.05, 0.1) is 6.54 Å². The maximum Gasteiger partial charge on any atom is 0.258 e. The minimum absolute atomic E-state index is 0.106. The standard InChI is InChI=1S/C18H19BrN2O3/c1-12-4-3-5-15(8-12)24-11-18(23)20-10-17(22)21-16-7-6-14(19)9-13(16)2/h3-9H,10-11H2,1-2H3,(H,20,23)(H,21,22). The number of carbonyl (C=O) groups is 2. The van der Waals surface area contributed by atoms with Gasteiger partial charge in [-0.25, -0.2) is 0 Å². The van der Waals surface area contributed by atoms with E-state index in [9.17, 15) is 9.59 Å². The van der Waals surface area contributed by atoms with Crippen molar-refractivity contribution in [2.24, 2.45) is 0 Å². The molecule has 0 aliphatic carbocycles. The van der Waals surface area contributed by atoms with E-state index in [2.05, 4.69) is 26.6 Å². The molecule has 0 aliphatic rings. The molecule has 0 unspecified atom stereocenters. The summed E-state index contributed by atoms with van der Waals surface area (Å²) >= 11 is 3.37. The normalized spacial score (nSPS) is 10.1. The van der Waals surface area contributed by atoms with E-state index in [-0.39, 0.29) is 25.0 Å². The largest absolute Gasteiger partial charge is 0.484 e. The molecule has 0 spiro atoms. The van der Waals surface area contributed by atoms with Crippen LogP contribution in [0.1, 0.15) is 11.1 Å². The van der Waals surface area contributed by atoms with Crippen LogP contribution in [0.25, 0.3) is 0 Å². The zero-order chi connectivity index (χ0) is 17.5. The fourth-order valence-electron chi connectivity index (χ4n) is 2.05. The van der Waals surface area contributed by atoms with Crippen molar-refractivity contribution in [1.29, 1.82) is 0 Å². The molecule has 2 amide bonds. The Kier molecular flexibility index (Phi) is 6.37. The van der Waals surface area contributed by atoms with E-state index in [1.165, 1.54) is 0 Å². The lowest BCUT2D eigenvalue weighted by Gasteiger charge is -2.10. The molecule has 0 bridgehead atoms. The first-order valence-electron chi connectivity index (χ1n) is 7.46. The van der Waals surface area contributed by atoms with E-state index >= 15 is 0 Å². The number of halogens is 1. The summed E-state index contributed by atoms with van der Waals surface area (Å²) in [5, 5.41) is 5.29. The molecule has 126 valence electrons. The SMILES string of the molecule is Cc1cccc(OCC(=O)NCC(=O)Nc2ccc(Br)cc2C)c1. The van der Waals surface area contributed by atoms with Crippen LogP contribution in [-0.2, 0) is 9.59 Å². The first-order valence-corrected chi connectivity index (χ1v) is 8.25. The highest BCUT2D eigenvalue weighted by Crippen LogP contribution is 2.19.